The second-order valence-electron chi connectivity index (χ2n) is 8.48. The number of hydrogen-bond donors (Lipinski definition) is 0. The summed E-state index contributed by atoms with van der Waals surface area (Å²) in [6.45, 7) is 5.90. The molecule has 0 saturated heterocycles. The monoisotopic (exact) mass is 494 g/mol. The van der Waals surface area contributed by atoms with Crippen molar-refractivity contribution in [1.29, 1.82) is 0 Å². The van der Waals surface area contributed by atoms with Gasteiger partial charge < -0.3 is 19.0 Å². The molecule has 4 rings (SSSR count). The number of thiophene rings is 1. The molecule has 0 atom stereocenters. The Morgan fingerprint density at radius 1 is 1.17 bits per heavy atom. The number of amides is 1. The van der Waals surface area contributed by atoms with Crippen LogP contribution in [0.3, 0.4) is 0 Å². The fourth-order valence-electron chi connectivity index (χ4n) is 3.88. The molecule has 8 nitrogen and oxygen atoms in total. The lowest BCUT2D eigenvalue weighted by Crippen LogP contribution is -2.30. The summed E-state index contributed by atoms with van der Waals surface area (Å²) in [6.07, 6.45) is 3.13. The van der Waals surface area contributed by atoms with Crippen LogP contribution in [-0.2, 0) is 24.4 Å². The van der Waals surface area contributed by atoms with Gasteiger partial charge in [0.05, 0.1) is 42.6 Å². The fraction of sp³-hybridized carbons (Fsp3) is 0.346. The molecule has 0 bridgehead atoms. The Labute approximate surface area is 208 Å². The molecule has 0 fully saturated rings. The minimum Gasteiger partial charge on any atom is -0.467 e. The summed E-state index contributed by atoms with van der Waals surface area (Å²) in [4.78, 5) is 36.2. The molecular weight excluding hydrogens is 464 g/mol. The molecule has 0 unspecified atom stereocenters. The minimum atomic E-state index is -0.154. The van der Waals surface area contributed by atoms with Gasteiger partial charge in [0.25, 0.3) is 11.5 Å². The molecule has 1 amide bonds. The summed E-state index contributed by atoms with van der Waals surface area (Å²) in [5, 5.41) is 0.491. The maximum Gasteiger partial charge on any atom is 0.265 e. The average molecular weight is 495 g/mol. The van der Waals surface area contributed by atoms with E-state index in [1.54, 1.807) is 15.7 Å². The van der Waals surface area contributed by atoms with Gasteiger partial charge in [0.1, 0.15) is 10.6 Å². The lowest BCUT2D eigenvalue weighted by molar-refractivity contribution is 0.0722. The Morgan fingerprint density at radius 3 is 2.60 bits per heavy atom. The summed E-state index contributed by atoms with van der Waals surface area (Å²) in [7, 11) is 3.98. The second-order valence-corrected chi connectivity index (χ2v) is 9.48. The third kappa shape index (κ3) is 5.47. The highest BCUT2D eigenvalue weighted by molar-refractivity contribution is 7.20. The first-order valence-electron chi connectivity index (χ1n) is 11.5. The van der Waals surface area contributed by atoms with E-state index in [1.807, 2.05) is 69.2 Å². The Balaban J connectivity index is 1.66. The number of carbonyl (C=O) groups is 1. The molecule has 184 valence electrons. The van der Waals surface area contributed by atoms with Gasteiger partial charge in [-0.1, -0.05) is 12.1 Å². The molecule has 0 N–H and O–H groups in total. The Hall–Kier alpha value is -3.43. The molecule has 9 heteroatoms. The molecule has 0 aliphatic heterocycles. The van der Waals surface area contributed by atoms with Gasteiger partial charge in [-0.15, -0.1) is 11.3 Å². The highest BCUT2D eigenvalue weighted by Gasteiger charge is 2.25. The molecule has 3 heterocycles. The first kappa shape index (κ1) is 24.7. The van der Waals surface area contributed by atoms with E-state index in [0.717, 1.165) is 11.3 Å². The van der Waals surface area contributed by atoms with E-state index in [9.17, 15) is 9.59 Å². The van der Waals surface area contributed by atoms with Gasteiger partial charge in [-0.05, 0) is 49.2 Å². The first-order chi connectivity index (χ1) is 16.9. The van der Waals surface area contributed by atoms with Crippen LogP contribution in [0, 0.1) is 6.92 Å². The van der Waals surface area contributed by atoms with E-state index < -0.39 is 0 Å². The van der Waals surface area contributed by atoms with Crippen molar-refractivity contribution in [2.75, 3.05) is 32.2 Å². The summed E-state index contributed by atoms with van der Waals surface area (Å²) >= 11 is 1.26. The molecule has 0 aliphatic carbocycles. The number of nitrogens with zero attached hydrogens (tertiary/aromatic N) is 4. The molecule has 0 aliphatic rings. The van der Waals surface area contributed by atoms with Gasteiger partial charge in [0, 0.05) is 32.9 Å². The summed E-state index contributed by atoms with van der Waals surface area (Å²) in [6, 6.07) is 11.8. The molecule has 3 aromatic heterocycles. The van der Waals surface area contributed by atoms with Crippen LogP contribution < -0.4 is 10.5 Å². The van der Waals surface area contributed by atoms with Crippen LogP contribution in [0.4, 0.5) is 5.69 Å². The zero-order valence-corrected chi connectivity index (χ0v) is 21.3. The smallest absolute Gasteiger partial charge is 0.265 e. The largest absolute Gasteiger partial charge is 0.467 e. The van der Waals surface area contributed by atoms with Gasteiger partial charge in [0.2, 0.25) is 0 Å². The van der Waals surface area contributed by atoms with E-state index >= 15 is 0 Å². The Bertz CT molecular complexity index is 1340. The standard InChI is InChI=1S/C26H30N4O4S/c1-5-33-14-12-29-17-27-24-22(25(29)31)18(2)23(35-24)26(32)30(16-21-7-6-13-34-21)15-19-8-10-20(11-9-19)28(3)4/h6-11,13,17H,5,12,14-16H2,1-4H3. The SMILES string of the molecule is CCOCCn1cnc2sc(C(=O)N(Cc3ccc(N(C)C)cc3)Cc3ccco3)c(C)c2c1=O. The van der Waals surface area contributed by atoms with E-state index in [0.29, 0.717) is 59.3 Å². The van der Waals surface area contributed by atoms with Crippen molar-refractivity contribution in [2.45, 2.75) is 33.5 Å². The van der Waals surface area contributed by atoms with Crippen molar-refractivity contribution in [3.8, 4) is 0 Å². The van der Waals surface area contributed by atoms with Gasteiger partial charge in [-0.3, -0.25) is 14.2 Å². The zero-order valence-electron chi connectivity index (χ0n) is 20.5. The molecular formula is C26H30N4O4S. The first-order valence-corrected chi connectivity index (χ1v) is 12.3. The van der Waals surface area contributed by atoms with E-state index in [1.165, 1.54) is 17.7 Å². The predicted molar refractivity (Wildman–Crippen MR) is 138 cm³/mol. The van der Waals surface area contributed by atoms with Crippen LogP contribution in [0.1, 0.15) is 33.5 Å². The minimum absolute atomic E-state index is 0.153. The number of benzene rings is 1. The Kier molecular flexibility index (Phi) is 7.67. The van der Waals surface area contributed by atoms with E-state index in [-0.39, 0.29) is 11.5 Å². The van der Waals surface area contributed by atoms with Crippen LogP contribution in [0.5, 0.6) is 0 Å². The summed E-state index contributed by atoms with van der Waals surface area (Å²) in [5.74, 6) is 0.539. The van der Waals surface area contributed by atoms with Crippen molar-refractivity contribution >= 4 is 33.1 Å². The second kappa shape index (κ2) is 10.9. The maximum absolute atomic E-state index is 13.8. The molecule has 4 aromatic rings. The van der Waals surface area contributed by atoms with Crippen LogP contribution in [-0.4, -0.2) is 47.7 Å². The summed E-state index contributed by atoms with van der Waals surface area (Å²) in [5.41, 5.74) is 2.60. The van der Waals surface area contributed by atoms with E-state index in [2.05, 4.69) is 4.98 Å². The van der Waals surface area contributed by atoms with Gasteiger partial charge >= 0.3 is 0 Å². The molecule has 35 heavy (non-hydrogen) atoms. The van der Waals surface area contributed by atoms with Crippen LogP contribution >= 0.6 is 11.3 Å². The molecule has 0 spiro atoms. The molecule has 0 radical (unpaired) electrons. The maximum atomic E-state index is 13.8. The summed E-state index contributed by atoms with van der Waals surface area (Å²) < 4.78 is 12.5. The number of aromatic nitrogens is 2. The number of anilines is 1. The van der Waals surface area contributed by atoms with Crippen LogP contribution in [0.15, 0.2) is 58.2 Å². The zero-order chi connectivity index (χ0) is 24.9. The van der Waals surface area contributed by atoms with Gasteiger partial charge in [-0.2, -0.15) is 0 Å². The lowest BCUT2D eigenvalue weighted by Gasteiger charge is -2.22. The van der Waals surface area contributed by atoms with Crippen LogP contribution in [0.25, 0.3) is 10.2 Å². The highest BCUT2D eigenvalue weighted by Crippen LogP contribution is 2.29. The van der Waals surface area contributed by atoms with Gasteiger partial charge in [-0.25, -0.2) is 4.98 Å². The molecule has 0 saturated carbocycles. The van der Waals surface area contributed by atoms with Crippen molar-refractivity contribution < 1.29 is 13.9 Å². The Morgan fingerprint density at radius 2 is 1.94 bits per heavy atom. The van der Waals surface area contributed by atoms with Gasteiger partial charge in [0.15, 0.2) is 0 Å². The highest BCUT2D eigenvalue weighted by atomic mass is 32.1. The number of aryl methyl sites for hydroxylation is 1. The van der Waals surface area contributed by atoms with Crippen molar-refractivity contribution in [3.05, 3.63) is 81.1 Å². The van der Waals surface area contributed by atoms with Crippen molar-refractivity contribution in [2.24, 2.45) is 0 Å². The third-order valence-corrected chi connectivity index (χ3v) is 7.02. The topological polar surface area (TPSA) is 80.8 Å². The predicted octanol–water partition coefficient (Wildman–Crippen LogP) is 4.30. The van der Waals surface area contributed by atoms with Crippen molar-refractivity contribution in [3.63, 3.8) is 0 Å². The number of furan rings is 1. The number of hydrogen-bond acceptors (Lipinski definition) is 7. The van der Waals surface area contributed by atoms with Crippen LogP contribution in [0.2, 0.25) is 0 Å². The average Bonchev–Trinajstić information content (AvgIpc) is 3.48. The fourth-order valence-corrected chi connectivity index (χ4v) is 4.99. The quantitative estimate of drug-likeness (QED) is 0.306. The normalized spacial score (nSPS) is 11.2. The number of fused-ring (bicyclic) bond motifs is 1. The number of ether oxygens (including phenoxy) is 1. The van der Waals surface area contributed by atoms with Crippen molar-refractivity contribution in [1.82, 2.24) is 14.5 Å². The number of rotatable bonds is 10. The molecule has 1 aromatic carbocycles. The lowest BCUT2D eigenvalue weighted by atomic mass is 10.1. The number of carbonyl (C=O) groups excluding carboxylic acids is 1. The van der Waals surface area contributed by atoms with E-state index in [4.69, 9.17) is 9.15 Å². The third-order valence-electron chi connectivity index (χ3n) is 5.83.